The molecule has 1 N–H and O–H groups in total. The van der Waals surface area contributed by atoms with Crippen molar-refractivity contribution >= 4 is 30.5 Å². The number of nitrogens with one attached hydrogen (secondary N) is 1. The van der Waals surface area contributed by atoms with Crippen molar-refractivity contribution in [3.05, 3.63) is 78.4 Å². The number of ether oxygens (including phenoxy) is 1. The minimum Gasteiger partial charge on any atom is -0.361 e. The van der Waals surface area contributed by atoms with Crippen LogP contribution in [0.1, 0.15) is 31.0 Å². The van der Waals surface area contributed by atoms with E-state index in [1.807, 2.05) is 47.3 Å². The second kappa shape index (κ2) is 12.0. The number of aryl methyl sites for hydroxylation is 1. The fourth-order valence-electron chi connectivity index (χ4n) is 4.87. The van der Waals surface area contributed by atoms with Crippen LogP contribution in [-0.2, 0) is 24.7 Å². The molecule has 0 atom stereocenters. The van der Waals surface area contributed by atoms with Gasteiger partial charge in [-0.2, -0.15) is 13.2 Å². The molecule has 7 nitrogen and oxygen atoms in total. The van der Waals surface area contributed by atoms with Crippen molar-refractivity contribution in [2.24, 2.45) is 7.05 Å². The Kier molecular flexibility index (Phi) is 8.48. The number of hydrogen-bond acceptors (Lipinski definition) is 5. The molecule has 0 aliphatic rings. The highest BCUT2D eigenvalue weighted by Gasteiger charge is 2.34. The molecule has 0 aliphatic heterocycles. The van der Waals surface area contributed by atoms with Gasteiger partial charge in [-0.15, -0.1) is 0 Å². The lowest BCUT2D eigenvalue weighted by Gasteiger charge is -2.15. The van der Waals surface area contributed by atoms with Crippen molar-refractivity contribution in [1.82, 2.24) is 24.1 Å². The molecule has 0 saturated heterocycles. The minimum absolute atomic E-state index is 0.243. The maximum absolute atomic E-state index is 13.2. The third kappa shape index (κ3) is 6.99. The highest BCUT2D eigenvalue weighted by Crippen LogP contribution is 2.34. The number of aromatic nitrogens is 5. The first-order valence-corrected chi connectivity index (χ1v) is 18.0. The minimum atomic E-state index is -4.50. The molecule has 2 aromatic carbocycles. The molecular weight excluding hydrogens is 569 g/mol. The summed E-state index contributed by atoms with van der Waals surface area (Å²) in [4.78, 5) is 13.6. The van der Waals surface area contributed by atoms with Crippen LogP contribution in [0.3, 0.4) is 0 Å². The molecule has 3 aromatic heterocycles. The predicted molar refractivity (Wildman–Crippen MR) is 168 cm³/mol. The van der Waals surface area contributed by atoms with E-state index in [0.717, 1.165) is 40.2 Å². The van der Waals surface area contributed by atoms with Gasteiger partial charge in [-0.1, -0.05) is 57.8 Å². The summed E-state index contributed by atoms with van der Waals surface area (Å²) in [5.41, 5.74) is 4.95. The van der Waals surface area contributed by atoms with E-state index < -0.39 is 19.9 Å². The van der Waals surface area contributed by atoms with Crippen molar-refractivity contribution in [3.8, 4) is 22.8 Å². The van der Waals surface area contributed by atoms with Gasteiger partial charge >= 0.3 is 6.18 Å². The Balaban J connectivity index is 1.47. The van der Waals surface area contributed by atoms with Crippen molar-refractivity contribution in [2.75, 3.05) is 11.9 Å². The summed E-state index contributed by atoms with van der Waals surface area (Å²) in [6.07, 6.45) is 0.301. The smallest absolute Gasteiger partial charge is 0.361 e. The van der Waals surface area contributed by atoms with Crippen LogP contribution >= 0.6 is 0 Å². The Hall–Kier alpha value is -3.96. The number of rotatable bonds is 10. The van der Waals surface area contributed by atoms with Crippen LogP contribution < -0.4 is 5.32 Å². The number of halogens is 3. The molecule has 0 bridgehead atoms. The van der Waals surface area contributed by atoms with E-state index in [-0.39, 0.29) is 5.82 Å². The Morgan fingerprint density at radius 1 is 0.977 bits per heavy atom. The Bertz CT molecular complexity index is 1720. The third-order valence-corrected chi connectivity index (χ3v) is 8.96. The molecule has 5 aromatic rings. The molecular formula is C32H37F3N6OSi. The fraction of sp³-hybridized carbons (Fsp3) is 0.344. The average Bonchev–Trinajstić information content (AvgIpc) is 3.51. The summed E-state index contributed by atoms with van der Waals surface area (Å²) in [5.74, 6) is 1.19. The normalized spacial score (nSPS) is 12.4. The quantitative estimate of drug-likeness (QED) is 0.127. The number of imidazole rings is 1. The Morgan fingerprint density at radius 2 is 1.70 bits per heavy atom. The fourth-order valence-corrected chi connectivity index (χ4v) is 5.63. The average molecular weight is 607 g/mol. The summed E-state index contributed by atoms with van der Waals surface area (Å²) in [6.45, 7) is 12.3. The summed E-state index contributed by atoms with van der Waals surface area (Å²) >= 11 is 0. The lowest BCUT2D eigenvalue weighted by molar-refractivity contribution is -0.140. The van der Waals surface area contributed by atoms with Gasteiger partial charge in [-0.25, -0.2) is 15.0 Å². The molecule has 0 spiro atoms. The number of benzene rings is 2. The molecule has 3 heterocycles. The van der Waals surface area contributed by atoms with Crippen molar-refractivity contribution in [1.29, 1.82) is 0 Å². The second-order valence-corrected chi connectivity index (χ2v) is 17.9. The van der Waals surface area contributed by atoms with Gasteiger partial charge in [-0.3, -0.25) is 0 Å². The zero-order valence-corrected chi connectivity index (χ0v) is 26.3. The molecule has 0 fully saturated rings. The molecule has 43 heavy (non-hydrogen) atoms. The third-order valence-electron chi connectivity index (χ3n) is 7.26. The van der Waals surface area contributed by atoms with Gasteiger partial charge in [-0.05, 0) is 41.8 Å². The second-order valence-electron chi connectivity index (χ2n) is 12.3. The van der Waals surface area contributed by atoms with Crippen LogP contribution in [0.25, 0.3) is 33.8 Å². The van der Waals surface area contributed by atoms with Crippen LogP contribution in [0.5, 0.6) is 0 Å². The SMILES string of the molecule is CC(C)c1ccccc1-c1ncc2c(n1)c(Nc1ccc(-c3nc(C(F)(F)F)cn3C)cc1)cn2COCC[Si](C)(C)C. The number of fused-ring (bicyclic) bond motifs is 1. The van der Waals surface area contributed by atoms with Gasteiger partial charge < -0.3 is 19.2 Å². The first-order chi connectivity index (χ1) is 20.3. The van der Waals surface area contributed by atoms with E-state index in [1.54, 1.807) is 19.2 Å². The van der Waals surface area contributed by atoms with Crippen LogP contribution in [-0.4, -0.2) is 38.8 Å². The summed E-state index contributed by atoms with van der Waals surface area (Å²) in [7, 11) is 0.326. The Labute approximate surface area is 250 Å². The van der Waals surface area contributed by atoms with Gasteiger partial charge in [0, 0.05) is 50.9 Å². The van der Waals surface area contributed by atoms with Gasteiger partial charge in [0.05, 0.1) is 17.4 Å². The predicted octanol–water partition coefficient (Wildman–Crippen LogP) is 8.70. The van der Waals surface area contributed by atoms with E-state index in [0.29, 0.717) is 30.6 Å². The van der Waals surface area contributed by atoms with Crippen LogP contribution in [0.2, 0.25) is 25.7 Å². The zero-order valence-electron chi connectivity index (χ0n) is 25.3. The maximum Gasteiger partial charge on any atom is 0.434 e. The van der Waals surface area contributed by atoms with Crippen molar-refractivity contribution in [2.45, 2.75) is 58.4 Å². The van der Waals surface area contributed by atoms with Crippen LogP contribution in [0, 0.1) is 0 Å². The van der Waals surface area contributed by atoms with Gasteiger partial charge in [0.2, 0.25) is 0 Å². The molecule has 0 unspecified atom stereocenters. The molecule has 0 amide bonds. The molecule has 5 rings (SSSR count). The first-order valence-electron chi connectivity index (χ1n) is 14.3. The highest BCUT2D eigenvalue weighted by molar-refractivity contribution is 6.76. The summed E-state index contributed by atoms with van der Waals surface area (Å²) < 4.78 is 49.0. The van der Waals surface area contributed by atoms with E-state index in [2.05, 4.69) is 49.9 Å². The molecule has 0 radical (unpaired) electrons. The van der Waals surface area contributed by atoms with Gasteiger partial charge in [0.1, 0.15) is 18.1 Å². The van der Waals surface area contributed by atoms with E-state index in [9.17, 15) is 13.2 Å². The molecule has 226 valence electrons. The number of anilines is 2. The largest absolute Gasteiger partial charge is 0.434 e. The van der Waals surface area contributed by atoms with E-state index in [4.69, 9.17) is 14.7 Å². The van der Waals surface area contributed by atoms with Gasteiger partial charge in [0.15, 0.2) is 11.5 Å². The standard InChI is InChI=1S/C32H37F3N6OSi/c1-21(2)24-9-7-8-10-25(24)30-36-17-27-29(39-30)26(18-41(27)20-42-15-16-43(4,5)6)37-23-13-11-22(12-14-23)31-38-28(19-40(31)3)32(33,34)35/h7-14,17-19,21,37H,15-16,20H2,1-6H3. The topological polar surface area (TPSA) is 69.8 Å². The first kappa shape index (κ1) is 30.5. The van der Waals surface area contributed by atoms with Crippen molar-refractivity contribution < 1.29 is 17.9 Å². The van der Waals surface area contributed by atoms with E-state index in [1.165, 1.54) is 10.1 Å². The molecule has 0 aliphatic carbocycles. The number of hydrogen-bond donors (Lipinski definition) is 1. The summed E-state index contributed by atoms with van der Waals surface area (Å²) in [5, 5.41) is 3.45. The Morgan fingerprint density at radius 3 is 2.35 bits per heavy atom. The highest BCUT2D eigenvalue weighted by atomic mass is 28.3. The number of nitrogens with zero attached hydrogens (tertiary/aromatic N) is 5. The maximum atomic E-state index is 13.2. The monoisotopic (exact) mass is 606 g/mol. The van der Waals surface area contributed by atoms with Crippen LogP contribution in [0.4, 0.5) is 24.5 Å². The van der Waals surface area contributed by atoms with Crippen molar-refractivity contribution in [3.63, 3.8) is 0 Å². The van der Waals surface area contributed by atoms with Gasteiger partial charge in [0.25, 0.3) is 0 Å². The zero-order chi connectivity index (χ0) is 30.9. The molecule has 0 saturated carbocycles. The number of alkyl halides is 3. The lowest BCUT2D eigenvalue weighted by Crippen LogP contribution is -2.21. The lowest BCUT2D eigenvalue weighted by atomic mass is 9.97. The molecule has 11 heteroatoms. The van der Waals surface area contributed by atoms with E-state index >= 15 is 0 Å². The summed E-state index contributed by atoms with van der Waals surface area (Å²) in [6, 6.07) is 16.4. The van der Waals surface area contributed by atoms with Crippen LogP contribution in [0.15, 0.2) is 67.1 Å².